The maximum atomic E-state index is 14.3. The van der Waals surface area contributed by atoms with Crippen LogP contribution in [-0.4, -0.2) is 5.78 Å². The molecule has 0 bridgehead atoms. The Morgan fingerprint density at radius 1 is 1.04 bits per heavy atom. The SMILES string of the molecule is CCCCC(=O)c1c(F)cc(C2CCC(CCC)CC2)cc1F. The summed E-state index contributed by atoms with van der Waals surface area (Å²) in [5.41, 5.74) is 0.379. The lowest BCUT2D eigenvalue weighted by atomic mass is 9.77. The molecule has 0 aliphatic heterocycles. The van der Waals surface area contributed by atoms with E-state index in [9.17, 15) is 13.6 Å². The molecule has 23 heavy (non-hydrogen) atoms. The molecule has 1 aromatic carbocycles. The Labute approximate surface area is 138 Å². The van der Waals surface area contributed by atoms with Crippen LogP contribution in [0.5, 0.6) is 0 Å². The molecule has 0 unspecified atom stereocenters. The van der Waals surface area contributed by atoms with Gasteiger partial charge in [0.05, 0.1) is 5.56 Å². The topological polar surface area (TPSA) is 17.1 Å². The minimum Gasteiger partial charge on any atom is -0.294 e. The lowest BCUT2D eigenvalue weighted by Gasteiger charge is -2.28. The van der Waals surface area contributed by atoms with Gasteiger partial charge in [0, 0.05) is 6.42 Å². The van der Waals surface area contributed by atoms with Gasteiger partial charge in [0.1, 0.15) is 11.6 Å². The molecule has 1 nitrogen and oxygen atoms in total. The van der Waals surface area contributed by atoms with Gasteiger partial charge in [0.25, 0.3) is 0 Å². The van der Waals surface area contributed by atoms with E-state index < -0.39 is 17.4 Å². The van der Waals surface area contributed by atoms with Crippen molar-refractivity contribution < 1.29 is 13.6 Å². The average Bonchev–Trinajstić information content (AvgIpc) is 2.53. The second-order valence-electron chi connectivity index (χ2n) is 6.89. The number of rotatable bonds is 7. The van der Waals surface area contributed by atoms with Gasteiger partial charge in [-0.25, -0.2) is 8.78 Å². The van der Waals surface area contributed by atoms with Gasteiger partial charge in [-0.1, -0.05) is 33.1 Å². The molecule has 3 heteroatoms. The molecule has 1 saturated carbocycles. The van der Waals surface area contributed by atoms with Gasteiger partial charge in [-0.2, -0.15) is 0 Å². The van der Waals surface area contributed by atoms with Crippen LogP contribution >= 0.6 is 0 Å². The van der Waals surface area contributed by atoms with Crippen molar-refractivity contribution in [1.82, 2.24) is 0 Å². The number of benzene rings is 1. The van der Waals surface area contributed by atoms with Crippen molar-refractivity contribution in [3.63, 3.8) is 0 Å². The van der Waals surface area contributed by atoms with Gasteiger partial charge in [-0.05, 0) is 61.6 Å². The maximum absolute atomic E-state index is 14.3. The highest BCUT2D eigenvalue weighted by Gasteiger charge is 2.25. The minimum absolute atomic E-state index is 0.214. The van der Waals surface area contributed by atoms with E-state index in [1.807, 2.05) is 6.92 Å². The van der Waals surface area contributed by atoms with E-state index >= 15 is 0 Å². The Morgan fingerprint density at radius 2 is 1.65 bits per heavy atom. The summed E-state index contributed by atoms with van der Waals surface area (Å²) in [6.45, 7) is 4.16. The van der Waals surface area contributed by atoms with E-state index in [1.54, 1.807) is 0 Å². The lowest BCUT2D eigenvalue weighted by Crippen LogP contribution is -2.15. The van der Waals surface area contributed by atoms with E-state index in [2.05, 4.69) is 6.92 Å². The van der Waals surface area contributed by atoms with Crippen LogP contribution in [0.1, 0.15) is 93.5 Å². The van der Waals surface area contributed by atoms with E-state index in [0.717, 1.165) is 43.6 Å². The second kappa shape index (κ2) is 8.56. The number of halogens is 2. The quantitative estimate of drug-likeness (QED) is 0.530. The van der Waals surface area contributed by atoms with Crippen LogP contribution in [0.25, 0.3) is 0 Å². The normalized spacial score (nSPS) is 21.4. The van der Waals surface area contributed by atoms with E-state index in [1.165, 1.54) is 25.0 Å². The third-order valence-corrected chi connectivity index (χ3v) is 5.12. The van der Waals surface area contributed by atoms with Crippen LogP contribution < -0.4 is 0 Å². The van der Waals surface area contributed by atoms with Gasteiger partial charge >= 0.3 is 0 Å². The van der Waals surface area contributed by atoms with Gasteiger partial charge in [0.15, 0.2) is 5.78 Å². The zero-order valence-electron chi connectivity index (χ0n) is 14.3. The largest absolute Gasteiger partial charge is 0.294 e. The van der Waals surface area contributed by atoms with Crippen molar-refractivity contribution in [3.8, 4) is 0 Å². The third-order valence-electron chi connectivity index (χ3n) is 5.12. The van der Waals surface area contributed by atoms with Crippen molar-refractivity contribution in [1.29, 1.82) is 0 Å². The monoisotopic (exact) mass is 322 g/mol. The predicted molar refractivity (Wildman–Crippen MR) is 89.8 cm³/mol. The highest BCUT2D eigenvalue weighted by atomic mass is 19.1. The summed E-state index contributed by atoms with van der Waals surface area (Å²) in [6.07, 6.45) is 8.44. The Balaban J connectivity index is 2.09. The summed E-state index contributed by atoms with van der Waals surface area (Å²) in [5.74, 6) is -0.790. The standard InChI is InChI=1S/C20H28F2O/c1-3-5-7-19(23)20-17(21)12-16(13-18(20)22)15-10-8-14(6-4-2)9-11-15/h12-15H,3-11H2,1-2H3. The van der Waals surface area contributed by atoms with Crippen molar-refractivity contribution in [2.24, 2.45) is 5.92 Å². The molecule has 0 heterocycles. The Kier molecular flexibility index (Phi) is 6.73. The van der Waals surface area contributed by atoms with Crippen LogP contribution in [0.2, 0.25) is 0 Å². The molecule has 1 aromatic rings. The summed E-state index contributed by atoms with van der Waals surface area (Å²) in [6, 6.07) is 2.79. The Morgan fingerprint density at radius 3 is 2.17 bits per heavy atom. The summed E-state index contributed by atoms with van der Waals surface area (Å²) < 4.78 is 28.6. The van der Waals surface area contributed by atoms with Crippen molar-refractivity contribution in [2.75, 3.05) is 0 Å². The molecular formula is C20H28F2O. The van der Waals surface area contributed by atoms with Gasteiger partial charge < -0.3 is 0 Å². The summed E-state index contributed by atoms with van der Waals surface area (Å²) in [5, 5.41) is 0. The fourth-order valence-corrected chi connectivity index (χ4v) is 3.75. The number of unbranched alkanes of at least 4 members (excludes halogenated alkanes) is 1. The fraction of sp³-hybridized carbons (Fsp3) is 0.650. The number of ketones is 1. The van der Waals surface area contributed by atoms with Crippen LogP contribution in [0.15, 0.2) is 12.1 Å². The molecule has 0 spiro atoms. The van der Waals surface area contributed by atoms with Gasteiger partial charge in [-0.3, -0.25) is 4.79 Å². The zero-order chi connectivity index (χ0) is 16.8. The molecule has 0 atom stereocenters. The first-order valence-corrected chi connectivity index (χ1v) is 9.08. The first-order valence-electron chi connectivity index (χ1n) is 9.08. The number of carbonyl (C=O) groups is 1. The van der Waals surface area contributed by atoms with Crippen LogP contribution in [0, 0.1) is 17.6 Å². The first-order chi connectivity index (χ1) is 11.1. The van der Waals surface area contributed by atoms with Crippen molar-refractivity contribution in [3.05, 3.63) is 34.9 Å². The summed E-state index contributed by atoms with van der Waals surface area (Å²) in [4.78, 5) is 12.0. The molecule has 0 N–H and O–H groups in total. The van der Waals surface area contributed by atoms with Crippen LogP contribution in [0.4, 0.5) is 8.78 Å². The molecule has 128 valence electrons. The second-order valence-corrected chi connectivity index (χ2v) is 6.89. The highest BCUT2D eigenvalue weighted by molar-refractivity contribution is 5.96. The molecule has 0 aromatic heterocycles. The van der Waals surface area contributed by atoms with Gasteiger partial charge in [-0.15, -0.1) is 0 Å². The number of hydrogen-bond donors (Lipinski definition) is 0. The molecule has 1 fully saturated rings. The summed E-state index contributed by atoms with van der Waals surface area (Å²) in [7, 11) is 0. The maximum Gasteiger partial charge on any atom is 0.168 e. The molecule has 2 rings (SSSR count). The molecule has 1 aliphatic rings. The molecule has 0 radical (unpaired) electrons. The van der Waals surface area contributed by atoms with Crippen LogP contribution in [0.3, 0.4) is 0 Å². The number of carbonyl (C=O) groups excluding carboxylic acids is 1. The summed E-state index contributed by atoms with van der Waals surface area (Å²) >= 11 is 0. The zero-order valence-corrected chi connectivity index (χ0v) is 14.3. The first kappa shape index (κ1) is 18.1. The Hall–Kier alpha value is -1.25. The van der Waals surface area contributed by atoms with E-state index in [-0.39, 0.29) is 17.9 Å². The smallest absolute Gasteiger partial charge is 0.168 e. The average molecular weight is 322 g/mol. The Bertz CT molecular complexity index is 507. The predicted octanol–water partition coefficient (Wildman–Crippen LogP) is 6.41. The van der Waals surface area contributed by atoms with Gasteiger partial charge in [0.2, 0.25) is 0 Å². The molecule has 0 amide bonds. The molecule has 1 aliphatic carbocycles. The van der Waals surface area contributed by atoms with Crippen molar-refractivity contribution in [2.45, 2.75) is 77.6 Å². The highest BCUT2D eigenvalue weighted by Crippen LogP contribution is 2.38. The third kappa shape index (κ3) is 4.62. The van der Waals surface area contributed by atoms with Crippen LogP contribution in [-0.2, 0) is 0 Å². The van der Waals surface area contributed by atoms with Crippen molar-refractivity contribution >= 4 is 5.78 Å². The van der Waals surface area contributed by atoms with E-state index in [0.29, 0.717) is 6.42 Å². The molecule has 0 saturated heterocycles. The minimum atomic E-state index is -0.684. The fourth-order valence-electron chi connectivity index (χ4n) is 3.75. The number of hydrogen-bond acceptors (Lipinski definition) is 1. The van der Waals surface area contributed by atoms with E-state index in [4.69, 9.17) is 0 Å². The lowest BCUT2D eigenvalue weighted by molar-refractivity contribution is 0.0971. The molecular weight excluding hydrogens is 294 g/mol. The number of Topliss-reactive ketones (excluding diaryl/α,β-unsaturated/α-hetero) is 1.